The third-order valence-electron chi connectivity index (χ3n) is 2.65. The molecule has 16 heavy (non-hydrogen) atoms. The monoisotopic (exact) mass is 228 g/mol. The second-order valence-corrected chi connectivity index (χ2v) is 4.33. The topological polar surface area (TPSA) is 62.9 Å². The van der Waals surface area contributed by atoms with Gasteiger partial charge in [0.05, 0.1) is 6.10 Å². The normalized spacial score (nSPS) is 19.3. The zero-order valence-corrected chi connectivity index (χ0v) is 10.6. The maximum absolute atomic E-state index is 5.61. The number of rotatable bonds is 3. The first kappa shape index (κ1) is 13.3. The molecular weight excluding hydrogens is 204 g/mol. The van der Waals surface area contributed by atoms with Gasteiger partial charge in [0.15, 0.2) is 0 Å². The fourth-order valence-corrected chi connectivity index (χ4v) is 1.92. The molecule has 1 heterocycles. The van der Waals surface area contributed by atoms with Crippen LogP contribution >= 0.6 is 0 Å². The van der Waals surface area contributed by atoms with Crippen molar-refractivity contribution in [2.45, 2.75) is 45.8 Å². The van der Waals surface area contributed by atoms with Crippen molar-refractivity contribution in [2.75, 3.05) is 19.7 Å². The fraction of sp³-hybridized carbons (Fsp3) is 0.909. The number of hydrazine groups is 1. The van der Waals surface area contributed by atoms with Crippen molar-refractivity contribution < 1.29 is 4.74 Å². The molecule has 1 aliphatic heterocycles. The molecule has 1 rings (SSSR count). The third-order valence-corrected chi connectivity index (χ3v) is 2.65. The van der Waals surface area contributed by atoms with Crippen molar-refractivity contribution >= 4 is 5.96 Å². The standard InChI is InChI=1S/C11H24N4O/c1-4-16-10-5-7-15(8-6-10)11(14-12)13-9(2)3/h9-10H,4-8,12H2,1-3H3,(H,13,14). The Morgan fingerprint density at radius 3 is 2.56 bits per heavy atom. The van der Waals surface area contributed by atoms with Crippen molar-refractivity contribution in [3.63, 3.8) is 0 Å². The lowest BCUT2D eigenvalue weighted by atomic mass is 10.1. The Balaban J connectivity index is 2.45. The Bertz CT molecular complexity index is 222. The van der Waals surface area contributed by atoms with Gasteiger partial charge in [0.1, 0.15) is 0 Å². The van der Waals surface area contributed by atoms with Gasteiger partial charge in [-0.25, -0.2) is 10.8 Å². The number of likely N-dealkylation sites (tertiary alicyclic amines) is 1. The zero-order chi connectivity index (χ0) is 12.0. The molecule has 94 valence electrons. The maximum atomic E-state index is 5.61. The van der Waals surface area contributed by atoms with Crippen LogP contribution in [0.2, 0.25) is 0 Å². The molecule has 1 aliphatic rings. The van der Waals surface area contributed by atoms with E-state index in [2.05, 4.69) is 15.3 Å². The lowest BCUT2D eigenvalue weighted by Crippen LogP contribution is -2.49. The van der Waals surface area contributed by atoms with Crippen LogP contribution in [-0.4, -0.2) is 42.7 Å². The molecule has 0 spiro atoms. The molecule has 0 aromatic rings. The first-order valence-corrected chi connectivity index (χ1v) is 6.08. The van der Waals surface area contributed by atoms with Gasteiger partial charge in [0.2, 0.25) is 5.96 Å². The van der Waals surface area contributed by atoms with Crippen molar-refractivity contribution in [1.82, 2.24) is 10.3 Å². The van der Waals surface area contributed by atoms with Gasteiger partial charge in [-0.15, -0.1) is 0 Å². The number of guanidine groups is 1. The van der Waals surface area contributed by atoms with Crippen LogP contribution in [0.25, 0.3) is 0 Å². The van der Waals surface area contributed by atoms with E-state index >= 15 is 0 Å². The van der Waals surface area contributed by atoms with Crippen LogP contribution in [0.3, 0.4) is 0 Å². The predicted molar refractivity (Wildman–Crippen MR) is 66.1 cm³/mol. The van der Waals surface area contributed by atoms with E-state index in [0.29, 0.717) is 6.10 Å². The van der Waals surface area contributed by atoms with Crippen LogP contribution in [0.1, 0.15) is 33.6 Å². The largest absolute Gasteiger partial charge is 0.378 e. The summed E-state index contributed by atoms with van der Waals surface area (Å²) in [5.41, 5.74) is 2.69. The zero-order valence-electron chi connectivity index (χ0n) is 10.6. The quantitative estimate of drug-likeness (QED) is 0.323. The van der Waals surface area contributed by atoms with Crippen LogP contribution in [0.15, 0.2) is 4.99 Å². The third kappa shape index (κ3) is 3.98. The second-order valence-electron chi connectivity index (χ2n) is 4.33. The van der Waals surface area contributed by atoms with Crippen molar-refractivity contribution in [3.8, 4) is 0 Å². The minimum absolute atomic E-state index is 0.260. The van der Waals surface area contributed by atoms with Crippen LogP contribution in [-0.2, 0) is 4.74 Å². The van der Waals surface area contributed by atoms with Crippen LogP contribution in [0.4, 0.5) is 0 Å². The summed E-state index contributed by atoms with van der Waals surface area (Å²) in [6.07, 6.45) is 2.50. The van der Waals surface area contributed by atoms with E-state index < -0.39 is 0 Å². The van der Waals surface area contributed by atoms with E-state index in [1.807, 2.05) is 20.8 Å². The molecule has 5 nitrogen and oxygen atoms in total. The number of ether oxygens (including phenoxy) is 1. The molecule has 3 N–H and O–H groups in total. The number of nitrogens with zero attached hydrogens (tertiary/aromatic N) is 2. The van der Waals surface area contributed by atoms with Gasteiger partial charge >= 0.3 is 0 Å². The molecule has 0 saturated carbocycles. The van der Waals surface area contributed by atoms with E-state index in [0.717, 1.165) is 38.5 Å². The number of nitrogens with one attached hydrogen (secondary N) is 1. The summed E-state index contributed by atoms with van der Waals surface area (Å²) in [5, 5.41) is 0. The summed E-state index contributed by atoms with van der Waals surface area (Å²) in [4.78, 5) is 6.65. The molecule has 0 aromatic heterocycles. The van der Waals surface area contributed by atoms with Gasteiger partial charge < -0.3 is 9.64 Å². The fourth-order valence-electron chi connectivity index (χ4n) is 1.92. The Kier molecular flexibility index (Phi) is 5.55. The van der Waals surface area contributed by atoms with E-state index in [9.17, 15) is 0 Å². The molecule has 0 atom stereocenters. The molecular formula is C11H24N4O. The molecule has 0 aliphatic carbocycles. The second kappa shape index (κ2) is 6.70. The average Bonchev–Trinajstić information content (AvgIpc) is 2.27. The summed E-state index contributed by atoms with van der Waals surface area (Å²) in [5.74, 6) is 6.29. The summed E-state index contributed by atoms with van der Waals surface area (Å²) >= 11 is 0. The molecule has 0 aromatic carbocycles. The van der Waals surface area contributed by atoms with Gasteiger partial charge in [-0.3, -0.25) is 5.43 Å². The molecule has 0 amide bonds. The van der Waals surface area contributed by atoms with E-state index in [-0.39, 0.29) is 6.04 Å². The molecule has 5 heteroatoms. The van der Waals surface area contributed by atoms with Gasteiger partial charge in [-0.05, 0) is 33.6 Å². The highest BCUT2D eigenvalue weighted by atomic mass is 16.5. The number of hydrogen-bond donors (Lipinski definition) is 2. The van der Waals surface area contributed by atoms with Crippen molar-refractivity contribution in [3.05, 3.63) is 0 Å². The number of piperidine rings is 1. The summed E-state index contributed by atoms with van der Waals surface area (Å²) < 4.78 is 5.61. The number of nitrogens with two attached hydrogens (primary N) is 1. The van der Waals surface area contributed by atoms with E-state index in [4.69, 9.17) is 10.6 Å². The lowest BCUT2D eigenvalue weighted by Gasteiger charge is -2.33. The minimum atomic E-state index is 0.260. The Morgan fingerprint density at radius 1 is 1.50 bits per heavy atom. The molecule has 0 radical (unpaired) electrons. The van der Waals surface area contributed by atoms with Gasteiger partial charge in [0, 0.05) is 25.7 Å². The average molecular weight is 228 g/mol. The molecule has 0 bridgehead atoms. The summed E-state index contributed by atoms with van der Waals surface area (Å²) in [6.45, 7) is 8.85. The van der Waals surface area contributed by atoms with E-state index in [1.165, 1.54) is 0 Å². The number of aliphatic imine (C=N–C) groups is 1. The van der Waals surface area contributed by atoms with E-state index in [1.54, 1.807) is 0 Å². The SMILES string of the molecule is CCOC1CCN(C(=NC(C)C)NN)CC1. The predicted octanol–water partition coefficient (Wildman–Crippen LogP) is 0.715. The van der Waals surface area contributed by atoms with Crippen LogP contribution in [0.5, 0.6) is 0 Å². The summed E-state index contributed by atoms with van der Waals surface area (Å²) in [7, 11) is 0. The Hall–Kier alpha value is -0.810. The minimum Gasteiger partial charge on any atom is -0.378 e. The lowest BCUT2D eigenvalue weighted by molar-refractivity contribution is 0.0263. The van der Waals surface area contributed by atoms with Crippen LogP contribution in [0, 0.1) is 0 Å². The molecule has 0 unspecified atom stereocenters. The maximum Gasteiger partial charge on any atom is 0.208 e. The van der Waals surface area contributed by atoms with Gasteiger partial charge in [0.25, 0.3) is 0 Å². The van der Waals surface area contributed by atoms with Crippen LogP contribution < -0.4 is 11.3 Å². The molecule has 1 fully saturated rings. The Morgan fingerprint density at radius 2 is 2.12 bits per heavy atom. The first-order valence-electron chi connectivity index (χ1n) is 6.08. The number of hydrogen-bond acceptors (Lipinski definition) is 3. The Labute approximate surface area is 98.0 Å². The van der Waals surface area contributed by atoms with Crippen molar-refractivity contribution in [1.29, 1.82) is 0 Å². The highest BCUT2D eigenvalue weighted by Gasteiger charge is 2.21. The first-order chi connectivity index (χ1) is 7.67. The van der Waals surface area contributed by atoms with Crippen molar-refractivity contribution in [2.24, 2.45) is 10.8 Å². The smallest absolute Gasteiger partial charge is 0.208 e. The summed E-state index contributed by atoms with van der Waals surface area (Å²) in [6, 6.07) is 0.260. The molecule has 1 saturated heterocycles. The van der Waals surface area contributed by atoms with Gasteiger partial charge in [-0.2, -0.15) is 0 Å². The highest BCUT2D eigenvalue weighted by molar-refractivity contribution is 5.79. The highest BCUT2D eigenvalue weighted by Crippen LogP contribution is 2.13. The van der Waals surface area contributed by atoms with Gasteiger partial charge in [-0.1, -0.05) is 0 Å².